The molecule has 0 aliphatic heterocycles. The standard InChI is InChI=1S/C15H17NOS/c1-10-9-18-15(16-10)8-14(17)13-5-3-2-4-12(13)11-6-7-11/h2-5,9,11,14,17H,6-8H2,1H3. The number of aromatic nitrogens is 1. The Labute approximate surface area is 111 Å². The summed E-state index contributed by atoms with van der Waals surface area (Å²) in [6, 6.07) is 8.29. The largest absolute Gasteiger partial charge is 0.388 e. The average molecular weight is 259 g/mol. The van der Waals surface area contributed by atoms with E-state index in [1.54, 1.807) is 11.3 Å². The van der Waals surface area contributed by atoms with Crippen LogP contribution in [0.15, 0.2) is 29.6 Å². The van der Waals surface area contributed by atoms with Crippen molar-refractivity contribution in [3.8, 4) is 0 Å². The molecule has 0 spiro atoms. The Morgan fingerprint density at radius 3 is 2.83 bits per heavy atom. The van der Waals surface area contributed by atoms with E-state index >= 15 is 0 Å². The van der Waals surface area contributed by atoms with Crippen molar-refractivity contribution in [1.82, 2.24) is 4.98 Å². The number of aryl methyl sites for hydroxylation is 1. The third-order valence-corrected chi connectivity index (χ3v) is 4.40. The number of thiazole rings is 1. The zero-order chi connectivity index (χ0) is 12.5. The van der Waals surface area contributed by atoms with Crippen LogP contribution in [-0.4, -0.2) is 10.1 Å². The maximum absolute atomic E-state index is 10.4. The first-order valence-corrected chi connectivity index (χ1v) is 7.30. The van der Waals surface area contributed by atoms with Gasteiger partial charge in [0.25, 0.3) is 0 Å². The molecule has 0 saturated heterocycles. The van der Waals surface area contributed by atoms with Crippen molar-refractivity contribution in [3.05, 3.63) is 51.5 Å². The van der Waals surface area contributed by atoms with Crippen molar-refractivity contribution in [3.63, 3.8) is 0 Å². The van der Waals surface area contributed by atoms with Gasteiger partial charge in [-0.3, -0.25) is 0 Å². The van der Waals surface area contributed by atoms with Crippen LogP contribution in [0.2, 0.25) is 0 Å². The molecule has 1 aromatic heterocycles. The lowest BCUT2D eigenvalue weighted by atomic mass is 9.97. The monoisotopic (exact) mass is 259 g/mol. The molecule has 1 N–H and O–H groups in total. The molecule has 1 heterocycles. The van der Waals surface area contributed by atoms with Crippen LogP contribution >= 0.6 is 11.3 Å². The first kappa shape index (κ1) is 11.9. The molecule has 1 saturated carbocycles. The van der Waals surface area contributed by atoms with E-state index in [4.69, 9.17) is 0 Å². The molecule has 0 amide bonds. The van der Waals surface area contributed by atoms with Crippen LogP contribution in [0, 0.1) is 6.92 Å². The zero-order valence-corrected chi connectivity index (χ0v) is 11.3. The quantitative estimate of drug-likeness (QED) is 0.910. The van der Waals surface area contributed by atoms with E-state index in [1.807, 2.05) is 18.4 Å². The molecule has 3 heteroatoms. The molecule has 3 rings (SSSR count). The van der Waals surface area contributed by atoms with Crippen LogP contribution in [0.3, 0.4) is 0 Å². The van der Waals surface area contributed by atoms with Crippen molar-refractivity contribution in [2.45, 2.75) is 38.2 Å². The topological polar surface area (TPSA) is 33.1 Å². The molecular formula is C15H17NOS. The summed E-state index contributed by atoms with van der Waals surface area (Å²) in [7, 11) is 0. The first-order valence-electron chi connectivity index (χ1n) is 6.42. The van der Waals surface area contributed by atoms with Crippen LogP contribution in [-0.2, 0) is 6.42 Å². The molecule has 1 aliphatic carbocycles. The molecule has 1 unspecified atom stereocenters. The van der Waals surface area contributed by atoms with E-state index < -0.39 is 6.10 Å². The predicted molar refractivity (Wildman–Crippen MR) is 73.9 cm³/mol. The summed E-state index contributed by atoms with van der Waals surface area (Å²) in [6.07, 6.45) is 2.73. The summed E-state index contributed by atoms with van der Waals surface area (Å²) in [5.74, 6) is 0.675. The van der Waals surface area contributed by atoms with Crippen molar-refractivity contribution >= 4 is 11.3 Å². The van der Waals surface area contributed by atoms with Gasteiger partial charge in [-0.05, 0) is 36.8 Å². The maximum atomic E-state index is 10.4. The lowest BCUT2D eigenvalue weighted by Gasteiger charge is -2.14. The molecule has 18 heavy (non-hydrogen) atoms. The van der Waals surface area contributed by atoms with E-state index in [-0.39, 0.29) is 0 Å². The number of hydrogen-bond donors (Lipinski definition) is 1. The summed E-state index contributed by atoms with van der Waals surface area (Å²) < 4.78 is 0. The fourth-order valence-corrected chi connectivity index (χ4v) is 3.16. The van der Waals surface area contributed by atoms with Gasteiger partial charge in [-0.15, -0.1) is 11.3 Å². The Balaban J connectivity index is 1.81. The minimum absolute atomic E-state index is 0.424. The number of hydrogen-bond acceptors (Lipinski definition) is 3. The number of nitrogens with zero attached hydrogens (tertiary/aromatic N) is 1. The Morgan fingerprint density at radius 2 is 2.17 bits per heavy atom. The van der Waals surface area contributed by atoms with Crippen LogP contribution in [0.1, 0.15) is 46.7 Å². The molecule has 0 bridgehead atoms. The van der Waals surface area contributed by atoms with E-state index in [0.29, 0.717) is 12.3 Å². The van der Waals surface area contributed by atoms with Gasteiger partial charge >= 0.3 is 0 Å². The zero-order valence-electron chi connectivity index (χ0n) is 10.5. The highest BCUT2D eigenvalue weighted by molar-refractivity contribution is 7.09. The van der Waals surface area contributed by atoms with Crippen LogP contribution < -0.4 is 0 Å². The summed E-state index contributed by atoms with van der Waals surface area (Å²) in [5.41, 5.74) is 3.46. The molecule has 1 fully saturated rings. The van der Waals surface area contributed by atoms with Crippen LogP contribution in [0.4, 0.5) is 0 Å². The van der Waals surface area contributed by atoms with Gasteiger partial charge in [-0.2, -0.15) is 0 Å². The summed E-state index contributed by atoms with van der Waals surface area (Å²) in [5, 5.41) is 13.5. The SMILES string of the molecule is Cc1csc(CC(O)c2ccccc2C2CC2)n1. The smallest absolute Gasteiger partial charge is 0.0957 e. The van der Waals surface area contributed by atoms with Crippen molar-refractivity contribution in [2.75, 3.05) is 0 Å². The molecule has 2 aromatic rings. The molecule has 1 atom stereocenters. The summed E-state index contributed by atoms with van der Waals surface area (Å²) >= 11 is 1.63. The van der Waals surface area contributed by atoms with E-state index in [1.165, 1.54) is 18.4 Å². The highest BCUT2D eigenvalue weighted by atomic mass is 32.1. The van der Waals surface area contributed by atoms with Gasteiger partial charge in [0, 0.05) is 17.5 Å². The molecule has 0 radical (unpaired) electrons. The lowest BCUT2D eigenvalue weighted by molar-refractivity contribution is 0.177. The number of aliphatic hydroxyl groups is 1. The van der Waals surface area contributed by atoms with Gasteiger partial charge in [0.15, 0.2) is 0 Å². The Kier molecular flexibility index (Phi) is 3.18. The molecule has 1 aliphatic rings. The van der Waals surface area contributed by atoms with Crippen molar-refractivity contribution in [2.24, 2.45) is 0 Å². The van der Waals surface area contributed by atoms with Gasteiger partial charge in [0.05, 0.1) is 11.1 Å². The van der Waals surface area contributed by atoms with E-state index in [0.717, 1.165) is 16.3 Å². The van der Waals surface area contributed by atoms with Crippen LogP contribution in [0.25, 0.3) is 0 Å². The lowest BCUT2D eigenvalue weighted by Crippen LogP contribution is -2.04. The Bertz CT molecular complexity index is 545. The highest BCUT2D eigenvalue weighted by Gasteiger charge is 2.27. The Morgan fingerprint density at radius 1 is 1.39 bits per heavy atom. The minimum atomic E-state index is -0.424. The fraction of sp³-hybridized carbons (Fsp3) is 0.400. The van der Waals surface area contributed by atoms with Gasteiger partial charge < -0.3 is 5.11 Å². The van der Waals surface area contributed by atoms with E-state index in [9.17, 15) is 5.11 Å². The Hall–Kier alpha value is -1.19. The molecule has 1 aromatic carbocycles. The van der Waals surface area contributed by atoms with E-state index in [2.05, 4.69) is 23.2 Å². The minimum Gasteiger partial charge on any atom is -0.388 e. The third kappa shape index (κ3) is 2.47. The second-order valence-electron chi connectivity index (χ2n) is 5.01. The first-order chi connectivity index (χ1) is 8.74. The highest BCUT2D eigenvalue weighted by Crippen LogP contribution is 2.43. The number of benzene rings is 1. The normalized spacial score (nSPS) is 16.8. The predicted octanol–water partition coefficient (Wildman–Crippen LogP) is 3.61. The number of aliphatic hydroxyl groups excluding tert-OH is 1. The summed E-state index contributed by atoms with van der Waals surface area (Å²) in [6.45, 7) is 1.99. The fourth-order valence-electron chi connectivity index (χ4n) is 2.35. The van der Waals surface area contributed by atoms with Crippen molar-refractivity contribution < 1.29 is 5.11 Å². The number of rotatable bonds is 4. The molecule has 94 valence electrons. The van der Waals surface area contributed by atoms with Crippen molar-refractivity contribution in [1.29, 1.82) is 0 Å². The van der Waals surface area contributed by atoms with Gasteiger partial charge in [0.1, 0.15) is 0 Å². The third-order valence-electron chi connectivity index (χ3n) is 3.41. The van der Waals surface area contributed by atoms with Gasteiger partial charge in [-0.25, -0.2) is 4.98 Å². The summed E-state index contributed by atoms with van der Waals surface area (Å²) in [4.78, 5) is 4.42. The van der Waals surface area contributed by atoms with Gasteiger partial charge in [0.2, 0.25) is 0 Å². The molecule has 2 nitrogen and oxygen atoms in total. The second kappa shape index (κ2) is 4.82. The molecular weight excluding hydrogens is 242 g/mol. The maximum Gasteiger partial charge on any atom is 0.0957 e. The van der Waals surface area contributed by atoms with Gasteiger partial charge in [-0.1, -0.05) is 24.3 Å². The van der Waals surface area contributed by atoms with Crippen LogP contribution in [0.5, 0.6) is 0 Å². The average Bonchev–Trinajstić information content (AvgIpc) is 3.14. The second-order valence-corrected chi connectivity index (χ2v) is 5.95.